The number of fused-ring (bicyclic) bond motifs is 3. The Morgan fingerprint density at radius 1 is 1.03 bits per heavy atom. The molecule has 0 N–H and O–H groups in total. The van der Waals surface area contributed by atoms with E-state index in [9.17, 15) is 17.6 Å². The Balaban J connectivity index is 1.75. The molecule has 0 unspecified atom stereocenters. The predicted octanol–water partition coefficient (Wildman–Crippen LogP) is 2.44. The van der Waals surface area contributed by atoms with E-state index in [1.54, 1.807) is 41.3 Å². The number of benzene rings is 2. The molecule has 0 bridgehead atoms. The highest BCUT2D eigenvalue weighted by atomic mass is 32.2. The Kier molecular flexibility index (Phi) is 4.44. The molecule has 0 aliphatic carbocycles. The van der Waals surface area contributed by atoms with Crippen LogP contribution >= 0.6 is 0 Å². The van der Waals surface area contributed by atoms with E-state index < -0.39 is 15.7 Å². The van der Waals surface area contributed by atoms with Gasteiger partial charge in [0.05, 0.1) is 35.2 Å². The van der Waals surface area contributed by atoms with E-state index in [1.807, 2.05) is 0 Å². The Morgan fingerprint density at radius 3 is 2.47 bits per heavy atom. The molecular weight excluding hydrogens is 409 g/mol. The molecule has 1 fully saturated rings. The number of sulfone groups is 1. The van der Waals surface area contributed by atoms with Crippen molar-refractivity contribution in [2.45, 2.75) is 10.6 Å². The van der Waals surface area contributed by atoms with Crippen molar-refractivity contribution in [2.24, 2.45) is 0 Å². The minimum atomic E-state index is -3.63. The van der Waals surface area contributed by atoms with Crippen LogP contribution in [0, 0.1) is 5.82 Å². The van der Waals surface area contributed by atoms with Gasteiger partial charge in [0.15, 0.2) is 15.5 Å². The summed E-state index contributed by atoms with van der Waals surface area (Å²) in [5.74, 6) is -1.04. The monoisotopic (exact) mass is 427 g/mol. The van der Waals surface area contributed by atoms with E-state index >= 15 is 0 Å². The zero-order chi connectivity index (χ0) is 20.9. The van der Waals surface area contributed by atoms with Crippen LogP contribution in [-0.4, -0.2) is 55.3 Å². The number of rotatable bonds is 2. The van der Waals surface area contributed by atoms with Gasteiger partial charge in [-0.05, 0) is 30.3 Å². The predicted molar refractivity (Wildman–Crippen MR) is 107 cm³/mol. The van der Waals surface area contributed by atoms with Gasteiger partial charge in [0, 0.05) is 24.2 Å². The molecule has 2 aromatic carbocycles. The second-order valence-electron chi connectivity index (χ2n) is 7.22. The number of ether oxygens (including phenoxy) is 1. The lowest BCUT2D eigenvalue weighted by molar-refractivity contribution is 0.0298. The van der Waals surface area contributed by atoms with Gasteiger partial charge in [-0.25, -0.2) is 17.5 Å². The number of nitrogens with zero attached hydrogens (tertiary/aromatic N) is 3. The van der Waals surface area contributed by atoms with Crippen molar-refractivity contribution in [1.29, 1.82) is 0 Å². The van der Waals surface area contributed by atoms with Crippen molar-refractivity contribution in [1.82, 2.24) is 14.7 Å². The van der Waals surface area contributed by atoms with Crippen molar-refractivity contribution in [3.63, 3.8) is 0 Å². The molecule has 30 heavy (non-hydrogen) atoms. The van der Waals surface area contributed by atoms with Crippen LogP contribution in [-0.2, 0) is 20.3 Å². The third kappa shape index (κ3) is 3.01. The molecule has 5 rings (SSSR count). The van der Waals surface area contributed by atoms with Crippen LogP contribution in [0.5, 0.6) is 0 Å². The van der Waals surface area contributed by atoms with Crippen LogP contribution in [0.15, 0.2) is 53.4 Å². The van der Waals surface area contributed by atoms with E-state index in [0.717, 1.165) is 0 Å². The molecule has 3 heterocycles. The van der Waals surface area contributed by atoms with Crippen molar-refractivity contribution in [3.05, 3.63) is 65.6 Å². The van der Waals surface area contributed by atoms with Gasteiger partial charge >= 0.3 is 0 Å². The van der Waals surface area contributed by atoms with E-state index in [-0.39, 0.29) is 22.2 Å². The third-order valence-corrected chi connectivity index (χ3v) is 7.06. The summed E-state index contributed by atoms with van der Waals surface area (Å²) in [4.78, 5) is 15.1. The number of carbonyl (C=O) groups is 1. The van der Waals surface area contributed by atoms with Crippen molar-refractivity contribution < 1.29 is 22.3 Å². The molecule has 1 aromatic heterocycles. The highest BCUT2D eigenvalue weighted by Gasteiger charge is 2.37. The molecule has 0 spiro atoms. The quantitative estimate of drug-likeness (QED) is 0.628. The van der Waals surface area contributed by atoms with Crippen molar-refractivity contribution >= 4 is 15.7 Å². The molecule has 0 saturated carbocycles. The van der Waals surface area contributed by atoms with Gasteiger partial charge in [0.25, 0.3) is 5.91 Å². The lowest BCUT2D eigenvalue weighted by Gasteiger charge is -2.26. The second-order valence-corrected chi connectivity index (χ2v) is 9.18. The molecule has 7 nitrogen and oxygen atoms in total. The fourth-order valence-electron chi connectivity index (χ4n) is 3.92. The summed E-state index contributed by atoms with van der Waals surface area (Å²) in [6, 6.07) is 12.4. The van der Waals surface area contributed by atoms with Crippen LogP contribution in [0.25, 0.3) is 16.9 Å². The maximum absolute atomic E-state index is 13.5. The van der Waals surface area contributed by atoms with Gasteiger partial charge in [0.1, 0.15) is 5.82 Å². The maximum Gasteiger partial charge on any atom is 0.274 e. The number of halogens is 1. The van der Waals surface area contributed by atoms with Gasteiger partial charge in [-0.15, -0.1) is 0 Å². The molecule has 0 atom stereocenters. The van der Waals surface area contributed by atoms with Crippen LogP contribution in [0.1, 0.15) is 16.1 Å². The summed E-state index contributed by atoms with van der Waals surface area (Å²) in [6.07, 6.45) is 0. The van der Waals surface area contributed by atoms with Crippen LogP contribution in [0.2, 0.25) is 0 Å². The Labute approximate surface area is 172 Å². The fraction of sp³-hybridized carbons (Fsp3) is 0.238. The van der Waals surface area contributed by atoms with Crippen molar-refractivity contribution in [2.75, 3.05) is 26.3 Å². The standard InChI is InChI=1S/C21H18FN3O4S/c22-14-5-7-15(8-6-14)25-20-16-3-1-2-4-18(16)30(27,28)13-17(20)19(23-25)21(26)24-9-11-29-12-10-24/h1-8H,9-13H2. The number of amides is 1. The van der Waals surface area contributed by atoms with E-state index in [0.29, 0.717) is 48.8 Å². The number of aromatic nitrogens is 2. The first-order valence-electron chi connectivity index (χ1n) is 9.53. The number of carbonyl (C=O) groups excluding carboxylic acids is 1. The van der Waals surface area contributed by atoms with Gasteiger partial charge in [-0.1, -0.05) is 18.2 Å². The van der Waals surface area contributed by atoms with Gasteiger partial charge in [0.2, 0.25) is 0 Å². The molecule has 0 radical (unpaired) electrons. The second kappa shape index (κ2) is 7.03. The number of hydrogen-bond donors (Lipinski definition) is 0. The molecule has 1 amide bonds. The summed E-state index contributed by atoms with van der Waals surface area (Å²) >= 11 is 0. The van der Waals surface area contributed by atoms with Crippen LogP contribution < -0.4 is 0 Å². The Morgan fingerprint density at radius 2 is 1.73 bits per heavy atom. The van der Waals surface area contributed by atoms with E-state index in [1.165, 1.54) is 16.8 Å². The summed E-state index contributed by atoms with van der Waals surface area (Å²) < 4.78 is 46.2. The first kappa shape index (κ1) is 19.0. The Bertz CT molecular complexity index is 1250. The van der Waals surface area contributed by atoms with Gasteiger partial charge in [-0.2, -0.15) is 5.10 Å². The SMILES string of the molecule is O=C(c1nn(-c2ccc(F)cc2)c2c1CS(=O)(=O)c1ccccc1-2)N1CCOCC1. The maximum atomic E-state index is 13.5. The minimum absolute atomic E-state index is 0.106. The van der Waals surface area contributed by atoms with Gasteiger partial charge in [-0.3, -0.25) is 4.79 Å². The smallest absolute Gasteiger partial charge is 0.274 e. The third-order valence-electron chi connectivity index (χ3n) is 5.37. The molecule has 1 saturated heterocycles. The van der Waals surface area contributed by atoms with Crippen LogP contribution in [0.4, 0.5) is 4.39 Å². The minimum Gasteiger partial charge on any atom is -0.378 e. The molecule has 154 valence electrons. The van der Waals surface area contributed by atoms with E-state index in [2.05, 4.69) is 5.10 Å². The summed E-state index contributed by atoms with van der Waals surface area (Å²) in [5.41, 5.74) is 2.05. The largest absolute Gasteiger partial charge is 0.378 e. The fourth-order valence-corrected chi connectivity index (χ4v) is 5.52. The normalized spacial score (nSPS) is 17.3. The molecule has 3 aromatic rings. The zero-order valence-corrected chi connectivity index (χ0v) is 16.7. The highest BCUT2D eigenvalue weighted by molar-refractivity contribution is 7.90. The van der Waals surface area contributed by atoms with Gasteiger partial charge < -0.3 is 9.64 Å². The summed E-state index contributed by atoms with van der Waals surface area (Å²) in [5, 5.41) is 4.53. The average Bonchev–Trinajstić information content (AvgIpc) is 3.13. The first-order chi connectivity index (χ1) is 14.5. The average molecular weight is 427 g/mol. The highest BCUT2D eigenvalue weighted by Crippen LogP contribution is 2.40. The first-order valence-corrected chi connectivity index (χ1v) is 11.2. The molecule has 2 aliphatic heterocycles. The number of morpholine rings is 1. The lowest BCUT2D eigenvalue weighted by Crippen LogP contribution is -2.41. The molecule has 2 aliphatic rings. The molecular formula is C21H18FN3O4S. The molecule has 9 heteroatoms. The summed E-state index contributed by atoms with van der Waals surface area (Å²) in [6.45, 7) is 1.68. The zero-order valence-electron chi connectivity index (χ0n) is 15.9. The Hall–Kier alpha value is -3.04. The van der Waals surface area contributed by atoms with Crippen LogP contribution in [0.3, 0.4) is 0 Å². The van der Waals surface area contributed by atoms with E-state index in [4.69, 9.17) is 4.74 Å². The topological polar surface area (TPSA) is 81.5 Å². The van der Waals surface area contributed by atoms with Crippen molar-refractivity contribution in [3.8, 4) is 16.9 Å². The lowest BCUT2D eigenvalue weighted by atomic mass is 10.0. The summed E-state index contributed by atoms with van der Waals surface area (Å²) in [7, 11) is -3.63. The number of hydrogen-bond acceptors (Lipinski definition) is 5.